The molecule has 43 heavy (non-hydrogen) atoms. The third-order valence-electron chi connectivity index (χ3n) is 9.94. The van der Waals surface area contributed by atoms with Crippen LogP contribution in [0.5, 0.6) is 5.75 Å². The summed E-state index contributed by atoms with van der Waals surface area (Å²) in [6.07, 6.45) is 14.4. The molecule has 228 valence electrons. The quantitative estimate of drug-likeness (QED) is 0.289. The fourth-order valence-electron chi connectivity index (χ4n) is 7.29. The lowest BCUT2D eigenvalue weighted by molar-refractivity contribution is -0.123. The lowest BCUT2D eigenvalue weighted by atomic mass is 9.78. The van der Waals surface area contributed by atoms with E-state index >= 15 is 0 Å². The van der Waals surface area contributed by atoms with Gasteiger partial charge in [-0.25, -0.2) is 0 Å². The van der Waals surface area contributed by atoms with Gasteiger partial charge in [-0.15, -0.1) is 0 Å². The molecule has 1 heterocycles. The monoisotopic (exact) mass is 582 g/mol. The highest BCUT2D eigenvalue weighted by Crippen LogP contribution is 2.39. The number of methoxy groups -OCH3 is 1. The van der Waals surface area contributed by atoms with E-state index in [1.807, 2.05) is 6.20 Å². The maximum absolute atomic E-state index is 14.2. The van der Waals surface area contributed by atoms with Crippen LogP contribution in [-0.4, -0.2) is 41.3 Å². The molecule has 6 rings (SSSR count). The van der Waals surface area contributed by atoms with Gasteiger partial charge in [0.1, 0.15) is 5.75 Å². The summed E-state index contributed by atoms with van der Waals surface area (Å²) >= 11 is 0. The minimum absolute atomic E-state index is 0.00936. The summed E-state index contributed by atoms with van der Waals surface area (Å²) in [6.45, 7) is 4.45. The van der Waals surface area contributed by atoms with Gasteiger partial charge in [-0.2, -0.15) is 5.10 Å². The van der Waals surface area contributed by atoms with Gasteiger partial charge < -0.3 is 15.0 Å². The lowest BCUT2D eigenvalue weighted by Gasteiger charge is -2.36. The van der Waals surface area contributed by atoms with Crippen molar-refractivity contribution in [1.82, 2.24) is 15.1 Å². The molecule has 0 spiro atoms. The number of benzene rings is 2. The van der Waals surface area contributed by atoms with Crippen LogP contribution in [0.4, 0.5) is 5.69 Å². The van der Waals surface area contributed by atoms with Gasteiger partial charge in [0.15, 0.2) is 0 Å². The molecule has 0 aliphatic heterocycles. The van der Waals surface area contributed by atoms with Crippen molar-refractivity contribution in [3.63, 3.8) is 0 Å². The Bertz CT molecular complexity index is 1430. The number of rotatable bonds is 9. The number of carbonyl (C=O) groups excluding carboxylic acids is 2. The van der Waals surface area contributed by atoms with Crippen LogP contribution in [0.1, 0.15) is 94.2 Å². The third-order valence-corrected chi connectivity index (χ3v) is 9.94. The molecular weight excluding hydrogens is 536 g/mol. The molecule has 0 radical (unpaired) electrons. The molecule has 0 bridgehead atoms. The first kappa shape index (κ1) is 29.5. The standard InChI is InChI=1S/C36H46N4O3/c1-24-19-30(13-18-35(24)43-3)27-9-7-26(8-10-27)22-39(36(42)28-11-14-32(15-12-28)38-25(2)41)34-6-4-5-29(20-34)31-21-37-40(23-31)33-16-17-33/h4-6,13,18-21,23,26-28,32-33H,7-12,14-17,22H2,1-3H3,(H,38,41)/t26-,27-,28-,32-. The van der Waals surface area contributed by atoms with Crippen molar-refractivity contribution in [1.29, 1.82) is 0 Å². The van der Waals surface area contributed by atoms with Crippen molar-refractivity contribution in [2.45, 2.75) is 96.1 Å². The van der Waals surface area contributed by atoms with Gasteiger partial charge >= 0.3 is 0 Å². The van der Waals surface area contributed by atoms with Crippen LogP contribution in [0.2, 0.25) is 0 Å². The average molecular weight is 583 g/mol. The fraction of sp³-hybridized carbons (Fsp3) is 0.528. The van der Waals surface area contributed by atoms with E-state index in [4.69, 9.17) is 4.74 Å². The molecule has 2 amide bonds. The van der Waals surface area contributed by atoms with Crippen LogP contribution in [0, 0.1) is 18.8 Å². The minimum Gasteiger partial charge on any atom is -0.496 e. The minimum atomic E-state index is -0.00936. The van der Waals surface area contributed by atoms with Gasteiger partial charge in [0, 0.05) is 42.9 Å². The lowest BCUT2D eigenvalue weighted by Crippen LogP contribution is -2.43. The summed E-state index contributed by atoms with van der Waals surface area (Å²) in [7, 11) is 1.73. The Labute approximate surface area is 256 Å². The van der Waals surface area contributed by atoms with Gasteiger partial charge in [0.05, 0.1) is 19.3 Å². The summed E-state index contributed by atoms with van der Waals surface area (Å²) in [5, 5.41) is 7.66. The van der Waals surface area contributed by atoms with Crippen LogP contribution >= 0.6 is 0 Å². The highest BCUT2D eigenvalue weighted by Gasteiger charge is 2.33. The number of amides is 2. The normalized spacial score (nSPS) is 23.9. The van der Waals surface area contributed by atoms with Gasteiger partial charge in [0.25, 0.3) is 0 Å². The molecule has 1 aromatic heterocycles. The molecule has 7 nitrogen and oxygen atoms in total. The topological polar surface area (TPSA) is 76.5 Å². The number of aromatic nitrogens is 2. The van der Waals surface area contributed by atoms with Crippen LogP contribution in [0.3, 0.4) is 0 Å². The molecular formula is C36H46N4O3. The predicted molar refractivity (Wildman–Crippen MR) is 170 cm³/mol. The summed E-state index contributed by atoms with van der Waals surface area (Å²) in [6, 6.07) is 15.8. The van der Waals surface area contributed by atoms with Gasteiger partial charge in [-0.1, -0.05) is 24.3 Å². The maximum Gasteiger partial charge on any atom is 0.230 e. The smallest absolute Gasteiger partial charge is 0.230 e. The first-order valence-corrected chi connectivity index (χ1v) is 16.3. The number of aryl methyl sites for hydroxylation is 1. The van der Waals surface area contributed by atoms with Gasteiger partial charge in [-0.3, -0.25) is 14.3 Å². The molecule has 1 N–H and O–H groups in total. The van der Waals surface area contributed by atoms with Crippen LogP contribution < -0.4 is 15.0 Å². The third kappa shape index (κ3) is 6.97. The second-order valence-electron chi connectivity index (χ2n) is 13.1. The first-order valence-electron chi connectivity index (χ1n) is 16.3. The Morgan fingerprint density at radius 3 is 2.40 bits per heavy atom. The SMILES string of the molecule is COc1ccc([C@H]2CC[C@H](CN(c3cccc(-c4cnn(C5CC5)c4)c3)C(=O)[C@H]3CC[C@H](NC(C)=O)CC3)CC2)cc1C. The number of nitrogens with one attached hydrogen (secondary N) is 1. The zero-order valence-corrected chi connectivity index (χ0v) is 25.9. The number of anilines is 1. The molecule has 3 saturated carbocycles. The van der Waals surface area contributed by atoms with Gasteiger partial charge in [-0.05, 0) is 118 Å². The maximum atomic E-state index is 14.2. The summed E-state index contributed by atoms with van der Waals surface area (Å²) in [5.74, 6) is 2.21. The van der Waals surface area contributed by atoms with Crippen LogP contribution in [0.25, 0.3) is 11.1 Å². The van der Waals surface area contributed by atoms with E-state index in [0.717, 1.165) is 80.5 Å². The van der Waals surface area contributed by atoms with E-state index in [-0.39, 0.29) is 23.8 Å². The van der Waals surface area contributed by atoms with Crippen molar-refractivity contribution < 1.29 is 14.3 Å². The number of hydrogen-bond acceptors (Lipinski definition) is 4. The van der Waals surface area contributed by atoms with Crippen molar-refractivity contribution in [2.24, 2.45) is 11.8 Å². The molecule has 3 aliphatic carbocycles. The largest absolute Gasteiger partial charge is 0.496 e. The predicted octanol–water partition coefficient (Wildman–Crippen LogP) is 7.20. The van der Waals surface area contributed by atoms with Crippen LogP contribution in [0.15, 0.2) is 54.9 Å². The first-order chi connectivity index (χ1) is 20.9. The highest BCUT2D eigenvalue weighted by molar-refractivity contribution is 5.95. The summed E-state index contributed by atoms with van der Waals surface area (Å²) in [4.78, 5) is 27.9. The molecule has 7 heteroatoms. The fourth-order valence-corrected chi connectivity index (χ4v) is 7.29. The van der Waals surface area contributed by atoms with Crippen molar-refractivity contribution in [3.05, 3.63) is 66.0 Å². The highest BCUT2D eigenvalue weighted by atomic mass is 16.5. The molecule has 0 atom stereocenters. The Morgan fingerprint density at radius 2 is 1.72 bits per heavy atom. The molecule has 0 saturated heterocycles. The summed E-state index contributed by atoms with van der Waals surface area (Å²) in [5.41, 5.74) is 5.79. The van der Waals surface area contributed by atoms with Crippen LogP contribution in [-0.2, 0) is 9.59 Å². The van der Waals surface area contributed by atoms with E-state index in [1.165, 1.54) is 24.0 Å². The van der Waals surface area contributed by atoms with Crippen molar-refractivity contribution in [3.8, 4) is 16.9 Å². The van der Waals surface area contributed by atoms with E-state index in [2.05, 4.69) is 75.6 Å². The molecule has 2 aromatic carbocycles. The van der Waals surface area contributed by atoms with E-state index in [9.17, 15) is 9.59 Å². The average Bonchev–Trinajstić information content (AvgIpc) is 3.76. The summed E-state index contributed by atoms with van der Waals surface area (Å²) < 4.78 is 7.56. The Morgan fingerprint density at radius 1 is 0.953 bits per heavy atom. The molecule has 3 aliphatic rings. The number of carbonyl (C=O) groups is 2. The number of nitrogens with zero attached hydrogens (tertiary/aromatic N) is 3. The molecule has 3 aromatic rings. The zero-order valence-electron chi connectivity index (χ0n) is 25.9. The van der Waals surface area contributed by atoms with E-state index in [0.29, 0.717) is 17.9 Å². The Hall–Kier alpha value is -3.61. The molecule has 3 fully saturated rings. The van der Waals surface area contributed by atoms with Crippen molar-refractivity contribution in [2.75, 3.05) is 18.6 Å². The Balaban J connectivity index is 1.18. The molecule has 0 unspecified atom stereocenters. The number of ether oxygens (including phenoxy) is 1. The van der Waals surface area contributed by atoms with E-state index in [1.54, 1.807) is 14.0 Å². The van der Waals surface area contributed by atoms with Crippen molar-refractivity contribution >= 4 is 17.5 Å². The Kier molecular flexibility index (Phi) is 8.87. The number of hydrogen-bond donors (Lipinski definition) is 1. The van der Waals surface area contributed by atoms with Gasteiger partial charge in [0.2, 0.25) is 11.8 Å². The second kappa shape index (κ2) is 12.9. The second-order valence-corrected chi connectivity index (χ2v) is 13.1. The van der Waals surface area contributed by atoms with E-state index < -0.39 is 0 Å². The zero-order chi connectivity index (χ0) is 29.9.